The first-order valence-electron chi connectivity index (χ1n) is 27.7. The summed E-state index contributed by atoms with van der Waals surface area (Å²) < 4.78 is 22.0. The molecule has 1 aliphatic heterocycles. The van der Waals surface area contributed by atoms with E-state index < -0.39 is 64.8 Å². The van der Waals surface area contributed by atoms with Gasteiger partial charge >= 0.3 is 0 Å². The number of methoxy groups -OCH3 is 1. The van der Waals surface area contributed by atoms with Gasteiger partial charge in [0.1, 0.15) is 18.4 Å². The molecule has 23 nitrogen and oxygen atoms in total. The lowest BCUT2D eigenvalue weighted by Crippen LogP contribution is -2.59. The Morgan fingerprint density at radius 1 is 0.878 bits per heavy atom. The maximum absolute atomic E-state index is 14.8. The predicted molar refractivity (Wildman–Crippen MR) is 306 cm³/mol. The summed E-state index contributed by atoms with van der Waals surface area (Å²) in [4.78, 5) is 104. The number of aliphatic hydroxyl groups is 1. The van der Waals surface area contributed by atoms with E-state index in [1.807, 2.05) is 31.2 Å². The molecule has 7 amide bonds. The molecule has 25 heteroatoms. The third-order valence-electron chi connectivity index (χ3n) is 14.3. The molecule has 82 heavy (non-hydrogen) atoms. The minimum atomic E-state index is -2.02. The van der Waals surface area contributed by atoms with Crippen molar-refractivity contribution in [3.05, 3.63) is 77.3 Å². The first-order valence-corrected chi connectivity index (χ1v) is 28.6. The number of anilines is 3. The summed E-state index contributed by atoms with van der Waals surface area (Å²) in [5, 5.41) is 42.7. The SMILES string of the molecule is CNC(=O)c1nnc(NC(=O)CNC(=O)CCCCCCCCCCNC(=O)C[C@H](NC(=O)[C@@H]2C[C@@H](O)CN2C(=O)[C@@H](NC(=O)C2(F)CC2)C(C)(C)C)c2ccc(-c3scnc3C)cc2)cc1Nc1cccc(-c2ncn(C)n2)c1OC. The number of nitrogens with zero attached hydrogens (tertiary/aromatic N) is 7. The number of benzene rings is 2. The molecule has 3 aromatic heterocycles. The van der Waals surface area contributed by atoms with Crippen molar-refractivity contribution in [1.82, 2.24) is 61.4 Å². The second kappa shape index (κ2) is 28.2. The number of carbonyl (C=O) groups excluding carboxylic acids is 7. The number of para-hydroxylation sites is 1. The van der Waals surface area contributed by atoms with Gasteiger partial charge in [0.25, 0.3) is 11.8 Å². The molecule has 440 valence electrons. The number of likely N-dealkylation sites (tertiary alicyclic amines) is 1. The van der Waals surface area contributed by atoms with Crippen molar-refractivity contribution in [2.45, 2.75) is 141 Å². The third kappa shape index (κ3) is 16.6. The summed E-state index contributed by atoms with van der Waals surface area (Å²) in [5.41, 5.74) is 2.66. The Balaban J connectivity index is 0.813. The quantitative estimate of drug-likeness (QED) is 0.0277. The van der Waals surface area contributed by atoms with E-state index in [9.17, 15) is 43.1 Å². The number of amides is 7. The summed E-state index contributed by atoms with van der Waals surface area (Å²) in [5.74, 6) is -2.74. The largest absolute Gasteiger partial charge is 0.494 e. The zero-order chi connectivity index (χ0) is 59.1. The van der Waals surface area contributed by atoms with Crippen molar-refractivity contribution in [2.24, 2.45) is 12.5 Å². The summed E-state index contributed by atoms with van der Waals surface area (Å²) in [7, 11) is 4.70. The Morgan fingerprint density at radius 2 is 1.59 bits per heavy atom. The molecular weight excluding hydrogens is 1080 g/mol. The third-order valence-corrected chi connectivity index (χ3v) is 15.3. The molecule has 0 radical (unpaired) electrons. The standard InChI is InChI=1S/C57H75FN14O9S/c1-34-49(82-33-63-34)36-22-20-35(21-23-36)40(65-52(77)42-27-37(73)31-72(42)54(79)50(56(2,3)4)67-55(80)57(58)24-25-57)29-45(75)60-26-15-13-11-9-8-10-12-14-19-44(74)61-30-46(76)66-43-28-41(47(69-68-43)53(78)59-5)64-39-18-16-17-38(48(39)81-7)51-62-32-71(6)70-51/h16-18,20-23,28,32-33,37,40,42,50,73H,8-15,19,24-27,29-31H2,1-7H3,(H,59,78)(H,60,75)(H,61,74)(H,65,77)(H,67,80)(H2,64,66,68,76)/t37-,40+,42+,50-/m1/s1. The van der Waals surface area contributed by atoms with E-state index in [0.29, 0.717) is 41.4 Å². The topological polar surface area (TPSA) is 306 Å². The van der Waals surface area contributed by atoms with E-state index in [-0.39, 0.29) is 74.2 Å². The van der Waals surface area contributed by atoms with Crippen LogP contribution in [0.15, 0.2) is 60.4 Å². The molecule has 8 N–H and O–H groups in total. The first-order chi connectivity index (χ1) is 39.2. The number of nitrogens with one attached hydrogen (secondary N) is 7. The summed E-state index contributed by atoms with van der Waals surface area (Å²) >= 11 is 1.50. The van der Waals surface area contributed by atoms with Gasteiger partial charge in [0, 0.05) is 46.1 Å². The maximum Gasteiger partial charge on any atom is 0.273 e. The second-order valence-corrected chi connectivity index (χ2v) is 22.7. The van der Waals surface area contributed by atoms with Crippen LogP contribution in [-0.2, 0) is 35.8 Å². The number of β-amino-alcohol motifs (C(OH)–C–C–N with tert-alkyl or cyclic N) is 1. The lowest BCUT2D eigenvalue weighted by molar-refractivity contribution is -0.145. The Bertz CT molecular complexity index is 3070. The van der Waals surface area contributed by atoms with Gasteiger partial charge in [0.05, 0.1) is 65.2 Å². The lowest BCUT2D eigenvalue weighted by atomic mass is 9.85. The molecule has 4 atom stereocenters. The Morgan fingerprint density at radius 3 is 2.22 bits per heavy atom. The van der Waals surface area contributed by atoms with Crippen LogP contribution in [0.4, 0.5) is 21.6 Å². The number of aromatic nitrogens is 6. The number of carbonyl (C=O) groups is 7. The summed E-state index contributed by atoms with van der Waals surface area (Å²) in [6, 6.07) is 11.2. The smallest absolute Gasteiger partial charge is 0.273 e. The van der Waals surface area contributed by atoms with Crippen LogP contribution in [0, 0.1) is 12.3 Å². The van der Waals surface area contributed by atoms with Crippen molar-refractivity contribution in [3.63, 3.8) is 0 Å². The minimum absolute atomic E-state index is 0.0349. The number of hydrogen-bond acceptors (Lipinski definition) is 16. The fourth-order valence-electron chi connectivity index (χ4n) is 9.57. The highest BCUT2D eigenvalue weighted by molar-refractivity contribution is 7.13. The first kappa shape index (κ1) is 61.7. The second-order valence-electron chi connectivity index (χ2n) is 21.9. The van der Waals surface area contributed by atoms with E-state index >= 15 is 0 Å². The van der Waals surface area contributed by atoms with Gasteiger partial charge < -0.3 is 52.0 Å². The molecule has 1 aliphatic carbocycles. The lowest BCUT2D eigenvalue weighted by Gasteiger charge is -2.36. The molecule has 7 rings (SSSR count). The molecule has 4 heterocycles. The average molecular weight is 1150 g/mol. The number of unbranched alkanes of at least 4 members (excludes halogenated alkanes) is 7. The molecule has 5 aromatic rings. The Hall–Kier alpha value is -7.93. The van der Waals surface area contributed by atoms with Crippen molar-refractivity contribution in [2.75, 3.05) is 44.4 Å². The van der Waals surface area contributed by atoms with E-state index in [2.05, 4.69) is 62.5 Å². The van der Waals surface area contributed by atoms with E-state index in [0.717, 1.165) is 61.1 Å². The van der Waals surface area contributed by atoms with Gasteiger partial charge in [-0.15, -0.1) is 21.5 Å². The number of hydrogen-bond donors (Lipinski definition) is 8. The van der Waals surface area contributed by atoms with E-state index in [4.69, 9.17) is 4.74 Å². The number of aliphatic hydroxyl groups excluding tert-OH is 1. The van der Waals surface area contributed by atoms with Crippen molar-refractivity contribution in [1.29, 1.82) is 0 Å². The fraction of sp³-hybridized carbons (Fsp3) is 0.509. The van der Waals surface area contributed by atoms with Gasteiger partial charge in [-0.2, -0.15) is 5.10 Å². The van der Waals surface area contributed by atoms with Crippen LogP contribution in [0.5, 0.6) is 5.75 Å². The Kier molecular flexibility index (Phi) is 21.2. The van der Waals surface area contributed by atoms with Gasteiger partial charge in [-0.05, 0) is 61.3 Å². The normalized spacial score (nSPS) is 16.1. The number of ether oxygens (including phenoxy) is 1. The van der Waals surface area contributed by atoms with Crippen LogP contribution in [-0.4, -0.2) is 139 Å². The Labute approximate surface area is 480 Å². The fourth-order valence-corrected chi connectivity index (χ4v) is 10.4. The van der Waals surface area contributed by atoms with Crippen molar-refractivity contribution < 1.29 is 47.8 Å². The highest BCUT2D eigenvalue weighted by Crippen LogP contribution is 2.41. The van der Waals surface area contributed by atoms with Gasteiger partial charge in [0.15, 0.2) is 28.8 Å². The van der Waals surface area contributed by atoms with Crippen LogP contribution >= 0.6 is 11.3 Å². The highest BCUT2D eigenvalue weighted by Gasteiger charge is 2.53. The molecule has 2 aromatic carbocycles. The van der Waals surface area contributed by atoms with Gasteiger partial charge in [-0.25, -0.2) is 14.4 Å². The van der Waals surface area contributed by atoms with Crippen LogP contribution in [0.25, 0.3) is 21.8 Å². The molecule has 0 spiro atoms. The minimum Gasteiger partial charge on any atom is -0.494 e. The summed E-state index contributed by atoms with van der Waals surface area (Å²) in [6.07, 6.45) is 7.74. The molecule has 2 fully saturated rings. The van der Waals surface area contributed by atoms with Crippen molar-refractivity contribution in [3.8, 4) is 27.6 Å². The number of thiazole rings is 1. The van der Waals surface area contributed by atoms with Gasteiger partial charge in [0.2, 0.25) is 29.5 Å². The van der Waals surface area contributed by atoms with Gasteiger partial charge in [-0.1, -0.05) is 89.6 Å². The molecule has 0 unspecified atom stereocenters. The molecule has 1 saturated heterocycles. The van der Waals surface area contributed by atoms with Crippen LogP contribution in [0.1, 0.15) is 132 Å². The zero-order valence-corrected chi connectivity index (χ0v) is 48.3. The number of alkyl halides is 1. The number of aryl methyl sites for hydroxylation is 2. The molecule has 0 bridgehead atoms. The highest BCUT2D eigenvalue weighted by atomic mass is 32.1. The zero-order valence-electron chi connectivity index (χ0n) is 47.5. The van der Waals surface area contributed by atoms with Crippen molar-refractivity contribution >= 4 is 69.9 Å². The predicted octanol–water partition coefficient (Wildman–Crippen LogP) is 5.74. The average Bonchev–Trinajstić information content (AvgIpc) is 3.73. The maximum atomic E-state index is 14.8. The monoisotopic (exact) mass is 1150 g/mol. The van der Waals surface area contributed by atoms with Gasteiger partial charge in [-0.3, -0.25) is 38.2 Å². The molecular formula is C57H75FN14O9S. The molecule has 2 aliphatic rings. The molecule has 1 saturated carbocycles. The van der Waals surface area contributed by atoms with E-state index in [1.165, 1.54) is 36.5 Å². The number of rotatable bonds is 28. The van der Waals surface area contributed by atoms with E-state index in [1.54, 1.807) is 62.5 Å². The number of halogens is 1. The van der Waals surface area contributed by atoms with Crippen LogP contribution in [0.3, 0.4) is 0 Å². The summed E-state index contributed by atoms with van der Waals surface area (Å²) in [6.45, 7) is 7.11. The van der Waals surface area contributed by atoms with Crippen LogP contribution < -0.4 is 42.0 Å². The van der Waals surface area contributed by atoms with Crippen LogP contribution in [0.2, 0.25) is 0 Å².